The van der Waals surface area contributed by atoms with Gasteiger partial charge in [0.15, 0.2) is 0 Å². The molecule has 2 rings (SSSR count). The zero-order chi connectivity index (χ0) is 14.7. The van der Waals surface area contributed by atoms with E-state index in [1.807, 2.05) is 0 Å². The van der Waals surface area contributed by atoms with Gasteiger partial charge in [0.1, 0.15) is 17.1 Å². The van der Waals surface area contributed by atoms with Crippen LogP contribution in [0.3, 0.4) is 0 Å². The van der Waals surface area contributed by atoms with Crippen LogP contribution in [0.2, 0.25) is 5.02 Å². The smallest absolute Gasteiger partial charge is 0.343 e. The third-order valence-corrected chi connectivity index (χ3v) is 2.84. The Morgan fingerprint density at radius 2 is 1.70 bits per heavy atom. The Hall–Kier alpha value is -2.53. The zero-order valence-corrected chi connectivity index (χ0v) is 10.8. The van der Waals surface area contributed by atoms with Crippen molar-refractivity contribution < 1.29 is 24.2 Å². The van der Waals surface area contributed by atoms with Gasteiger partial charge in [0, 0.05) is 11.6 Å². The van der Waals surface area contributed by atoms with Gasteiger partial charge in [-0.15, -0.1) is 0 Å². The summed E-state index contributed by atoms with van der Waals surface area (Å²) < 4.78 is 5.39. The molecule has 0 atom stereocenters. The lowest BCUT2D eigenvalue weighted by Gasteiger charge is -1.99. The SMILES string of the molecule is O=C(O)C(=Cc1ccc(-c2ccccc2Cl)o1)C(=O)O. The van der Waals surface area contributed by atoms with Crippen molar-refractivity contribution in [2.75, 3.05) is 0 Å². The molecule has 2 aromatic rings. The number of carboxylic acids is 2. The Labute approximate surface area is 118 Å². The Balaban J connectivity index is 2.39. The molecule has 0 aliphatic heterocycles. The molecular weight excluding hydrogens is 284 g/mol. The van der Waals surface area contributed by atoms with Gasteiger partial charge in [-0.3, -0.25) is 0 Å². The second-order valence-electron chi connectivity index (χ2n) is 3.85. The van der Waals surface area contributed by atoms with Crippen LogP contribution in [0.15, 0.2) is 46.4 Å². The number of carboxylic acid groups (broad SMARTS) is 2. The van der Waals surface area contributed by atoms with Crippen molar-refractivity contribution >= 4 is 29.6 Å². The molecular formula is C14H9ClO5. The van der Waals surface area contributed by atoms with Crippen LogP contribution in [0.1, 0.15) is 5.76 Å². The first-order valence-corrected chi connectivity index (χ1v) is 5.90. The molecule has 1 aromatic heterocycles. The highest BCUT2D eigenvalue weighted by atomic mass is 35.5. The molecule has 0 radical (unpaired) electrons. The lowest BCUT2D eigenvalue weighted by molar-refractivity contribution is -0.140. The fourth-order valence-electron chi connectivity index (χ4n) is 1.59. The standard InChI is InChI=1S/C14H9ClO5/c15-11-4-2-1-3-9(11)12-6-5-8(20-12)7-10(13(16)17)14(18)19/h1-7H,(H,16,17)(H,18,19). The first kappa shape index (κ1) is 13.9. The van der Waals surface area contributed by atoms with Crippen LogP contribution < -0.4 is 0 Å². The molecule has 20 heavy (non-hydrogen) atoms. The zero-order valence-electron chi connectivity index (χ0n) is 10.0. The highest BCUT2D eigenvalue weighted by Gasteiger charge is 2.17. The van der Waals surface area contributed by atoms with E-state index in [0.29, 0.717) is 16.3 Å². The second kappa shape index (κ2) is 5.63. The molecule has 0 saturated heterocycles. The van der Waals surface area contributed by atoms with Gasteiger partial charge in [-0.25, -0.2) is 9.59 Å². The van der Waals surface area contributed by atoms with Crippen molar-refractivity contribution in [1.29, 1.82) is 0 Å². The summed E-state index contributed by atoms with van der Waals surface area (Å²) in [5, 5.41) is 18.0. The van der Waals surface area contributed by atoms with Crippen LogP contribution in [0.5, 0.6) is 0 Å². The molecule has 0 fully saturated rings. The number of hydrogen-bond donors (Lipinski definition) is 2. The van der Waals surface area contributed by atoms with Crippen LogP contribution >= 0.6 is 11.6 Å². The minimum atomic E-state index is -1.53. The highest BCUT2D eigenvalue weighted by Crippen LogP contribution is 2.29. The Bertz CT molecular complexity index is 683. The summed E-state index contributed by atoms with van der Waals surface area (Å²) in [6.45, 7) is 0. The number of furan rings is 1. The first-order valence-electron chi connectivity index (χ1n) is 5.52. The summed E-state index contributed by atoms with van der Waals surface area (Å²) in [4.78, 5) is 21.5. The minimum Gasteiger partial charge on any atom is -0.477 e. The second-order valence-corrected chi connectivity index (χ2v) is 4.26. The van der Waals surface area contributed by atoms with Crippen molar-refractivity contribution in [3.05, 3.63) is 52.8 Å². The van der Waals surface area contributed by atoms with Crippen molar-refractivity contribution in [2.24, 2.45) is 0 Å². The van der Waals surface area contributed by atoms with Crippen molar-refractivity contribution in [1.82, 2.24) is 0 Å². The average Bonchev–Trinajstić information content (AvgIpc) is 2.84. The monoisotopic (exact) mass is 292 g/mol. The topological polar surface area (TPSA) is 87.7 Å². The van der Waals surface area contributed by atoms with Crippen molar-refractivity contribution in [2.45, 2.75) is 0 Å². The minimum absolute atomic E-state index is 0.125. The van der Waals surface area contributed by atoms with Gasteiger partial charge in [-0.1, -0.05) is 23.7 Å². The predicted octanol–water partition coefficient (Wildman–Crippen LogP) is 3.15. The summed E-state index contributed by atoms with van der Waals surface area (Å²) in [5.74, 6) is -2.52. The summed E-state index contributed by atoms with van der Waals surface area (Å²) in [7, 11) is 0. The molecule has 102 valence electrons. The number of carbonyl (C=O) groups is 2. The van der Waals surface area contributed by atoms with E-state index in [4.69, 9.17) is 26.2 Å². The van der Waals surface area contributed by atoms with E-state index in [1.165, 1.54) is 6.07 Å². The molecule has 0 bridgehead atoms. The number of hydrogen-bond acceptors (Lipinski definition) is 3. The summed E-state index contributed by atoms with van der Waals surface area (Å²) in [5.41, 5.74) is -0.133. The quantitative estimate of drug-likeness (QED) is 0.513. The maximum atomic E-state index is 10.8. The van der Waals surface area contributed by atoms with Gasteiger partial charge in [-0.2, -0.15) is 0 Å². The molecule has 0 saturated carbocycles. The highest BCUT2D eigenvalue weighted by molar-refractivity contribution is 6.33. The Morgan fingerprint density at radius 1 is 1.05 bits per heavy atom. The largest absolute Gasteiger partial charge is 0.477 e. The van der Waals surface area contributed by atoms with Crippen LogP contribution in [0.25, 0.3) is 17.4 Å². The fourth-order valence-corrected chi connectivity index (χ4v) is 1.82. The number of rotatable bonds is 4. The maximum absolute atomic E-state index is 10.8. The normalized spacial score (nSPS) is 10.1. The van der Waals surface area contributed by atoms with Crippen LogP contribution in [0, 0.1) is 0 Å². The van der Waals surface area contributed by atoms with Gasteiger partial charge in [-0.05, 0) is 24.3 Å². The molecule has 0 amide bonds. The molecule has 6 heteroatoms. The molecule has 1 heterocycles. The van der Waals surface area contributed by atoms with Gasteiger partial charge >= 0.3 is 11.9 Å². The van der Waals surface area contributed by atoms with Crippen molar-refractivity contribution in [3.63, 3.8) is 0 Å². The molecule has 0 spiro atoms. The molecule has 0 aliphatic rings. The van der Waals surface area contributed by atoms with Crippen LogP contribution in [0.4, 0.5) is 0 Å². The lowest BCUT2D eigenvalue weighted by Crippen LogP contribution is -2.10. The summed E-state index contributed by atoms with van der Waals surface area (Å²) in [6, 6.07) is 10.0. The molecule has 5 nitrogen and oxygen atoms in total. The third-order valence-electron chi connectivity index (χ3n) is 2.51. The molecule has 0 aliphatic carbocycles. The van der Waals surface area contributed by atoms with E-state index >= 15 is 0 Å². The predicted molar refractivity (Wildman–Crippen MR) is 72.4 cm³/mol. The van der Waals surface area contributed by atoms with Crippen LogP contribution in [-0.2, 0) is 9.59 Å². The lowest BCUT2D eigenvalue weighted by atomic mass is 10.2. The average molecular weight is 293 g/mol. The van der Waals surface area contributed by atoms with E-state index in [-0.39, 0.29) is 5.76 Å². The third kappa shape index (κ3) is 2.89. The van der Waals surface area contributed by atoms with Gasteiger partial charge in [0.2, 0.25) is 0 Å². The van der Waals surface area contributed by atoms with E-state index in [2.05, 4.69) is 0 Å². The summed E-state index contributed by atoms with van der Waals surface area (Å²) in [6.07, 6.45) is 0.949. The summed E-state index contributed by atoms with van der Waals surface area (Å²) >= 11 is 6.01. The number of halogens is 1. The molecule has 0 unspecified atom stereocenters. The Kier molecular flexibility index (Phi) is 3.91. The van der Waals surface area contributed by atoms with Crippen LogP contribution in [-0.4, -0.2) is 22.2 Å². The number of aliphatic carboxylic acids is 2. The first-order chi connectivity index (χ1) is 9.49. The molecule has 2 N–H and O–H groups in total. The molecule has 1 aromatic carbocycles. The van der Waals surface area contributed by atoms with Gasteiger partial charge in [0.25, 0.3) is 0 Å². The number of benzene rings is 1. The van der Waals surface area contributed by atoms with Gasteiger partial charge < -0.3 is 14.6 Å². The fraction of sp³-hybridized carbons (Fsp3) is 0. The van der Waals surface area contributed by atoms with Gasteiger partial charge in [0.05, 0.1) is 5.02 Å². The van der Waals surface area contributed by atoms with E-state index in [0.717, 1.165) is 6.08 Å². The van der Waals surface area contributed by atoms with E-state index in [1.54, 1.807) is 30.3 Å². The van der Waals surface area contributed by atoms with Crippen molar-refractivity contribution in [3.8, 4) is 11.3 Å². The van der Waals surface area contributed by atoms with E-state index in [9.17, 15) is 9.59 Å². The Morgan fingerprint density at radius 3 is 2.30 bits per heavy atom. The van der Waals surface area contributed by atoms with E-state index < -0.39 is 17.5 Å². The maximum Gasteiger partial charge on any atom is 0.343 e.